The van der Waals surface area contributed by atoms with Gasteiger partial charge < -0.3 is 4.57 Å². The smallest absolute Gasteiger partial charge is 0.201 e. The second-order valence-corrected chi connectivity index (χ2v) is 4.86. The van der Waals surface area contributed by atoms with E-state index in [0.29, 0.717) is 23.6 Å². The number of rotatable bonds is 2. The average molecular weight is 204 g/mol. The highest BCUT2D eigenvalue weighted by Crippen LogP contribution is 2.56. The average Bonchev–Trinajstić information content (AvgIpc) is 2.83. The molecule has 2 aliphatic carbocycles. The van der Waals surface area contributed by atoms with Crippen molar-refractivity contribution >= 4 is 5.78 Å². The number of ketones is 1. The molecule has 2 aliphatic rings. The summed E-state index contributed by atoms with van der Waals surface area (Å²) < 4.78 is 1.84. The number of carbonyl (C=O) groups is 1. The van der Waals surface area contributed by atoms with E-state index < -0.39 is 0 Å². The summed E-state index contributed by atoms with van der Waals surface area (Å²) in [6.45, 7) is 0. The minimum absolute atomic E-state index is 0.277. The second kappa shape index (κ2) is 3.19. The van der Waals surface area contributed by atoms with Crippen molar-refractivity contribution in [1.29, 1.82) is 0 Å². The molecule has 1 aromatic rings. The third kappa shape index (κ3) is 1.33. The summed E-state index contributed by atoms with van der Waals surface area (Å²) >= 11 is 0. The maximum Gasteiger partial charge on any atom is 0.201 e. The zero-order valence-electron chi connectivity index (χ0n) is 9.02. The van der Waals surface area contributed by atoms with E-state index in [2.05, 4.69) is 4.98 Å². The Kier molecular flexibility index (Phi) is 1.94. The van der Waals surface area contributed by atoms with Gasteiger partial charge in [0.2, 0.25) is 5.78 Å². The van der Waals surface area contributed by atoms with Crippen LogP contribution < -0.4 is 0 Å². The van der Waals surface area contributed by atoms with Gasteiger partial charge in [0.1, 0.15) is 0 Å². The lowest BCUT2D eigenvalue weighted by Crippen LogP contribution is -2.10. The van der Waals surface area contributed by atoms with Crippen LogP contribution in [-0.2, 0) is 7.05 Å². The normalized spacial score (nSPS) is 33.5. The Labute approximate surface area is 89.5 Å². The van der Waals surface area contributed by atoms with Crippen LogP contribution in [0.4, 0.5) is 0 Å². The Morgan fingerprint density at radius 1 is 1.40 bits per heavy atom. The van der Waals surface area contributed by atoms with E-state index in [1.807, 2.05) is 17.8 Å². The number of fused-ring (bicyclic) bond motifs is 1. The molecule has 2 unspecified atom stereocenters. The van der Waals surface area contributed by atoms with E-state index in [4.69, 9.17) is 0 Å². The molecule has 0 radical (unpaired) electrons. The van der Waals surface area contributed by atoms with Crippen molar-refractivity contribution in [3.8, 4) is 0 Å². The Bertz CT molecular complexity index is 384. The van der Waals surface area contributed by atoms with Gasteiger partial charge >= 0.3 is 0 Å². The highest BCUT2D eigenvalue weighted by molar-refractivity contribution is 5.97. The molecule has 0 saturated heterocycles. The number of aromatic nitrogens is 2. The summed E-state index contributed by atoms with van der Waals surface area (Å²) in [5.41, 5.74) is 0. The van der Waals surface area contributed by atoms with E-state index in [0.717, 1.165) is 0 Å². The van der Waals surface area contributed by atoms with Gasteiger partial charge in [-0.3, -0.25) is 4.79 Å². The zero-order chi connectivity index (χ0) is 10.4. The zero-order valence-corrected chi connectivity index (χ0v) is 9.02. The Morgan fingerprint density at radius 3 is 2.60 bits per heavy atom. The SMILES string of the molecule is Cn1ccnc1C(=O)C1C2CCCCC21. The lowest BCUT2D eigenvalue weighted by Gasteiger charge is -2.04. The van der Waals surface area contributed by atoms with Crippen LogP contribution in [0.3, 0.4) is 0 Å². The predicted octanol–water partition coefficient (Wildman–Crippen LogP) is 2.04. The Morgan fingerprint density at radius 2 is 2.07 bits per heavy atom. The van der Waals surface area contributed by atoms with Crippen LogP contribution in [0.1, 0.15) is 36.3 Å². The molecule has 2 atom stereocenters. The maximum atomic E-state index is 12.2. The number of hydrogen-bond acceptors (Lipinski definition) is 2. The van der Waals surface area contributed by atoms with Crippen LogP contribution in [-0.4, -0.2) is 15.3 Å². The molecule has 0 aromatic carbocycles. The van der Waals surface area contributed by atoms with Crippen LogP contribution in [0.15, 0.2) is 12.4 Å². The van der Waals surface area contributed by atoms with Crippen molar-refractivity contribution in [2.75, 3.05) is 0 Å². The van der Waals surface area contributed by atoms with Crippen LogP contribution >= 0.6 is 0 Å². The molecule has 2 saturated carbocycles. The molecular weight excluding hydrogens is 188 g/mol. The van der Waals surface area contributed by atoms with Crippen molar-refractivity contribution in [2.45, 2.75) is 25.7 Å². The van der Waals surface area contributed by atoms with Gasteiger partial charge in [0.25, 0.3) is 0 Å². The summed E-state index contributed by atoms with van der Waals surface area (Å²) in [6.07, 6.45) is 8.69. The van der Waals surface area contributed by atoms with E-state index in [1.54, 1.807) is 6.20 Å². The summed E-state index contributed by atoms with van der Waals surface area (Å²) in [7, 11) is 1.90. The summed E-state index contributed by atoms with van der Waals surface area (Å²) in [5, 5.41) is 0. The van der Waals surface area contributed by atoms with Crippen LogP contribution in [0.5, 0.6) is 0 Å². The first-order valence-corrected chi connectivity index (χ1v) is 5.80. The first kappa shape index (κ1) is 9.13. The van der Waals surface area contributed by atoms with Gasteiger partial charge in [0, 0.05) is 25.4 Å². The molecule has 3 rings (SSSR count). The molecule has 1 aromatic heterocycles. The van der Waals surface area contributed by atoms with E-state index in [9.17, 15) is 4.79 Å². The molecule has 2 fully saturated rings. The summed E-state index contributed by atoms with van der Waals surface area (Å²) in [4.78, 5) is 16.3. The lowest BCUT2D eigenvalue weighted by molar-refractivity contribution is 0.0943. The topological polar surface area (TPSA) is 34.9 Å². The Hall–Kier alpha value is -1.12. The van der Waals surface area contributed by atoms with E-state index in [1.165, 1.54) is 25.7 Å². The third-order valence-electron chi connectivity index (χ3n) is 4.00. The van der Waals surface area contributed by atoms with Gasteiger partial charge in [0.05, 0.1) is 0 Å². The predicted molar refractivity (Wildman–Crippen MR) is 56.5 cm³/mol. The Balaban J connectivity index is 1.79. The fourth-order valence-electron chi connectivity index (χ4n) is 3.13. The van der Waals surface area contributed by atoms with Crippen LogP contribution in [0.2, 0.25) is 0 Å². The first-order valence-electron chi connectivity index (χ1n) is 5.80. The summed E-state index contributed by atoms with van der Waals surface area (Å²) in [5.74, 6) is 2.59. The third-order valence-corrected chi connectivity index (χ3v) is 4.00. The van der Waals surface area contributed by atoms with Crippen molar-refractivity contribution in [3.63, 3.8) is 0 Å². The van der Waals surface area contributed by atoms with Gasteiger partial charge in [-0.15, -0.1) is 0 Å². The highest BCUT2D eigenvalue weighted by atomic mass is 16.1. The molecule has 0 aliphatic heterocycles. The fourth-order valence-corrected chi connectivity index (χ4v) is 3.13. The molecule has 0 bridgehead atoms. The van der Waals surface area contributed by atoms with E-state index >= 15 is 0 Å². The van der Waals surface area contributed by atoms with Gasteiger partial charge in [-0.2, -0.15) is 0 Å². The largest absolute Gasteiger partial charge is 0.332 e. The first-order chi connectivity index (χ1) is 7.29. The minimum atomic E-state index is 0.277. The van der Waals surface area contributed by atoms with Crippen LogP contribution in [0.25, 0.3) is 0 Å². The van der Waals surface area contributed by atoms with Crippen molar-refractivity contribution < 1.29 is 4.79 Å². The molecule has 15 heavy (non-hydrogen) atoms. The number of carbonyl (C=O) groups excluding carboxylic acids is 1. The number of hydrogen-bond donors (Lipinski definition) is 0. The van der Waals surface area contributed by atoms with Gasteiger partial charge in [-0.1, -0.05) is 12.8 Å². The molecule has 3 nitrogen and oxygen atoms in total. The number of imidazole rings is 1. The molecule has 0 spiro atoms. The minimum Gasteiger partial charge on any atom is -0.332 e. The second-order valence-electron chi connectivity index (χ2n) is 4.86. The fraction of sp³-hybridized carbons (Fsp3) is 0.667. The highest BCUT2D eigenvalue weighted by Gasteiger charge is 2.55. The van der Waals surface area contributed by atoms with Crippen LogP contribution in [0, 0.1) is 17.8 Å². The monoisotopic (exact) mass is 204 g/mol. The molecule has 3 heteroatoms. The van der Waals surface area contributed by atoms with Crippen molar-refractivity contribution in [2.24, 2.45) is 24.8 Å². The maximum absolute atomic E-state index is 12.2. The molecule has 80 valence electrons. The molecule has 1 heterocycles. The van der Waals surface area contributed by atoms with E-state index in [-0.39, 0.29) is 5.78 Å². The number of aryl methyl sites for hydroxylation is 1. The van der Waals surface area contributed by atoms with Gasteiger partial charge in [0.15, 0.2) is 5.82 Å². The standard InChI is InChI=1S/C12H16N2O/c1-14-7-6-13-12(14)11(15)10-8-4-2-3-5-9(8)10/h6-10H,2-5H2,1H3. The van der Waals surface area contributed by atoms with Crippen molar-refractivity contribution in [1.82, 2.24) is 9.55 Å². The number of Topliss-reactive ketones (excluding diaryl/α,β-unsaturated/α-hetero) is 1. The van der Waals surface area contributed by atoms with Gasteiger partial charge in [-0.25, -0.2) is 4.98 Å². The molecular formula is C12H16N2O. The molecule has 0 amide bonds. The summed E-state index contributed by atoms with van der Waals surface area (Å²) in [6, 6.07) is 0. The van der Waals surface area contributed by atoms with Crippen molar-refractivity contribution in [3.05, 3.63) is 18.2 Å². The van der Waals surface area contributed by atoms with Gasteiger partial charge in [-0.05, 0) is 24.7 Å². The quantitative estimate of drug-likeness (QED) is 0.691. The number of nitrogens with zero attached hydrogens (tertiary/aromatic N) is 2. The molecule has 0 N–H and O–H groups in total. The lowest BCUT2D eigenvalue weighted by atomic mass is 10.0.